The summed E-state index contributed by atoms with van der Waals surface area (Å²) < 4.78 is 10.7. The Morgan fingerprint density at radius 3 is 2.43 bits per heavy atom. The third kappa shape index (κ3) is 6.17. The van der Waals surface area contributed by atoms with E-state index in [2.05, 4.69) is 5.32 Å². The van der Waals surface area contributed by atoms with Crippen LogP contribution >= 0.6 is 0 Å². The first-order valence-electron chi connectivity index (χ1n) is 7.33. The SMILES string of the molecule is COc1ccccc1CC(C)N[C@@H](C)C(=O)OC(C)(C)C. The van der Waals surface area contributed by atoms with Crippen molar-refractivity contribution in [3.8, 4) is 5.75 Å². The van der Waals surface area contributed by atoms with Crippen molar-refractivity contribution in [3.63, 3.8) is 0 Å². The third-order valence-electron chi connectivity index (χ3n) is 3.01. The molecule has 4 heteroatoms. The Kier molecular flexibility index (Phi) is 6.21. The largest absolute Gasteiger partial charge is 0.496 e. The smallest absolute Gasteiger partial charge is 0.323 e. The summed E-state index contributed by atoms with van der Waals surface area (Å²) in [5, 5.41) is 3.27. The van der Waals surface area contributed by atoms with Gasteiger partial charge in [0.05, 0.1) is 7.11 Å². The molecule has 21 heavy (non-hydrogen) atoms. The number of hydrogen-bond donors (Lipinski definition) is 1. The van der Waals surface area contributed by atoms with Crippen molar-refractivity contribution in [2.75, 3.05) is 7.11 Å². The van der Waals surface area contributed by atoms with Crippen molar-refractivity contribution in [1.29, 1.82) is 0 Å². The molecule has 0 bridgehead atoms. The lowest BCUT2D eigenvalue weighted by Gasteiger charge is -2.25. The molecule has 2 atom stereocenters. The molecule has 0 aliphatic rings. The van der Waals surface area contributed by atoms with Crippen molar-refractivity contribution >= 4 is 5.97 Å². The standard InChI is InChI=1S/C17H27NO3/c1-12(11-14-9-7-8-10-15(14)20-6)18-13(2)16(19)21-17(3,4)5/h7-10,12-13,18H,11H2,1-6H3/t12?,13-/m0/s1. The van der Waals surface area contributed by atoms with Crippen molar-refractivity contribution in [3.05, 3.63) is 29.8 Å². The lowest BCUT2D eigenvalue weighted by atomic mass is 10.1. The van der Waals surface area contributed by atoms with Gasteiger partial charge in [-0.05, 0) is 52.7 Å². The summed E-state index contributed by atoms with van der Waals surface area (Å²) in [5.41, 5.74) is 0.662. The fourth-order valence-electron chi connectivity index (χ4n) is 2.15. The first-order valence-corrected chi connectivity index (χ1v) is 7.33. The summed E-state index contributed by atoms with van der Waals surface area (Å²) in [6, 6.07) is 7.72. The molecule has 4 nitrogen and oxygen atoms in total. The molecule has 1 rings (SSSR count). The van der Waals surface area contributed by atoms with Crippen LogP contribution in [0.4, 0.5) is 0 Å². The van der Waals surface area contributed by atoms with E-state index in [0.29, 0.717) is 0 Å². The van der Waals surface area contributed by atoms with E-state index in [9.17, 15) is 4.79 Å². The van der Waals surface area contributed by atoms with Crippen LogP contribution in [0.3, 0.4) is 0 Å². The van der Waals surface area contributed by atoms with Crippen molar-refractivity contribution in [2.24, 2.45) is 0 Å². The van der Waals surface area contributed by atoms with Gasteiger partial charge in [0, 0.05) is 6.04 Å². The molecule has 0 saturated carbocycles. The van der Waals surface area contributed by atoms with Gasteiger partial charge < -0.3 is 14.8 Å². The number of nitrogens with one attached hydrogen (secondary N) is 1. The van der Waals surface area contributed by atoms with Crippen LogP contribution < -0.4 is 10.1 Å². The number of ether oxygens (including phenoxy) is 2. The zero-order chi connectivity index (χ0) is 16.0. The van der Waals surface area contributed by atoms with E-state index in [1.54, 1.807) is 7.11 Å². The molecule has 0 radical (unpaired) electrons. The Morgan fingerprint density at radius 2 is 1.86 bits per heavy atom. The number of esters is 1. The molecular formula is C17H27NO3. The maximum Gasteiger partial charge on any atom is 0.323 e. The minimum atomic E-state index is -0.459. The second kappa shape index (κ2) is 7.46. The van der Waals surface area contributed by atoms with Crippen LogP contribution in [0.25, 0.3) is 0 Å². The molecule has 1 aromatic carbocycles. The Labute approximate surface area is 127 Å². The van der Waals surface area contributed by atoms with Crippen LogP contribution in [0, 0.1) is 0 Å². The van der Waals surface area contributed by atoms with Gasteiger partial charge in [-0.25, -0.2) is 0 Å². The highest BCUT2D eigenvalue weighted by Gasteiger charge is 2.22. The molecule has 118 valence electrons. The third-order valence-corrected chi connectivity index (χ3v) is 3.01. The molecule has 0 spiro atoms. The van der Waals surface area contributed by atoms with Gasteiger partial charge in [0.25, 0.3) is 0 Å². The molecule has 0 heterocycles. The highest BCUT2D eigenvalue weighted by atomic mass is 16.6. The number of para-hydroxylation sites is 1. The van der Waals surface area contributed by atoms with Gasteiger partial charge in [0.15, 0.2) is 0 Å². The molecular weight excluding hydrogens is 266 g/mol. The van der Waals surface area contributed by atoms with E-state index in [1.165, 1.54) is 0 Å². The molecule has 0 aromatic heterocycles. The van der Waals surface area contributed by atoms with Crippen LogP contribution in [0.5, 0.6) is 5.75 Å². The maximum atomic E-state index is 12.0. The topological polar surface area (TPSA) is 47.6 Å². The van der Waals surface area contributed by atoms with Gasteiger partial charge in [-0.2, -0.15) is 0 Å². The lowest BCUT2D eigenvalue weighted by molar-refractivity contribution is -0.157. The van der Waals surface area contributed by atoms with Crippen LogP contribution in [0.2, 0.25) is 0 Å². The van der Waals surface area contributed by atoms with Crippen LogP contribution in [-0.4, -0.2) is 30.8 Å². The maximum absolute atomic E-state index is 12.0. The fraction of sp³-hybridized carbons (Fsp3) is 0.588. The lowest BCUT2D eigenvalue weighted by Crippen LogP contribution is -2.44. The van der Waals surface area contributed by atoms with E-state index < -0.39 is 5.60 Å². The zero-order valence-electron chi connectivity index (χ0n) is 13.9. The second-order valence-corrected chi connectivity index (χ2v) is 6.34. The van der Waals surface area contributed by atoms with E-state index >= 15 is 0 Å². The Hall–Kier alpha value is -1.55. The molecule has 1 unspecified atom stereocenters. The Balaban J connectivity index is 2.57. The van der Waals surface area contributed by atoms with E-state index in [-0.39, 0.29) is 18.1 Å². The van der Waals surface area contributed by atoms with Crippen molar-refractivity contribution in [1.82, 2.24) is 5.32 Å². The number of benzene rings is 1. The average Bonchev–Trinajstić information content (AvgIpc) is 2.37. The van der Waals surface area contributed by atoms with E-state index in [4.69, 9.17) is 9.47 Å². The van der Waals surface area contributed by atoms with Crippen molar-refractivity contribution in [2.45, 2.75) is 58.7 Å². The molecule has 0 aliphatic heterocycles. The van der Waals surface area contributed by atoms with Gasteiger partial charge in [-0.3, -0.25) is 4.79 Å². The predicted molar refractivity (Wildman–Crippen MR) is 84.6 cm³/mol. The van der Waals surface area contributed by atoms with Gasteiger partial charge >= 0.3 is 5.97 Å². The molecule has 0 amide bonds. The summed E-state index contributed by atoms with van der Waals surface area (Å²) in [4.78, 5) is 12.0. The van der Waals surface area contributed by atoms with Gasteiger partial charge in [-0.15, -0.1) is 0 Å². The molecule has 0 saturated heterocycles. The van der Waals surface area contributed by atoms with Gasteiger partial charge in [0.1, 0.15) is 17.4 Å². The number of methoxy groups -OCH3 is 1. The molecule has 0 aliphatic carbocycles. The molecule has 1 aromatic rings. The summed E-state index contributed by atoms with van der Waals surface area (Å²) in [7, 11) is 1.67. The number of carbonyl (C=O) groups is 1. The normalized spacial score (nSPS) is 14.4. The fourth-order valence-corrected chi connectivity index (χ4v) is 2.15. The summed E-state index contributed by atoms with van der Waals surface area (Å²) >= 11 is 0. The quantitative estimate of drug-likeness (QED) is 0.819. The van der Waals surface area contributed by atoms with Crippen LogP contribution in [0.1, 0.15) is 40.2 Å². The molecule has 0 fully saturated rings. The van der Waals surface area contributed by atoms with Crippen molar-refractivity contribution < 1.29 is 14.3 Å². The summed E-state index contributed by atoms with van der Waals surface area (Å²) in [6.45, 7) is 9.49. The zero-order valence-corrected chi connectivity index (χ0v) is 13.9. The minimum Gasteiger partial charge on any atom is -0.496 e. The predicted octanol–water partition coefficient (Wildman–Crippen LogP) is 2.95. The first kappa shape index (κ1) is 17.5. The van der Waals surface area contributed by atoms with Crippen LogP contribution in [0.15, 0.2) is 24.3 Å². The number of rotatable bonds is 6. The molecule has 1 N–H and O–H groups in total. The first-order chi connectivity index (χ1) is 9.73. The monoisotopic (exact) mass is 293 g/mol. The number of hydrogen-bond acceptors (Lipinski definition) is 4. The second-order valence-electron chi connectivity index (χ2n) is 6.34. The summed E-state index contributed by atoms with van der Waals surface area (Å²) in [5.74, 6) is 0.644. The van der Waals surface area contributed by atoms with Crippen LogP contribution in [-0.2, 0) is 16.0 Å². The highest BCUT2D eigenvalue weighted by Crippen LogP contribution is 2.19. The minimum absolute atomic E-state index is 0.142. The van der Waals surface area contributed by atoms with Gasteiger partial charge in [-0.1, -0.05) is 18.2 Å². The van der Waals surface area contributed by atoms with Gasteiger partial charge in [0.2, 0.25) is 0 Å². The van der Waals surface area contributed by atoms with E-state index in [1.807, 2.05) is 58.9 Å². The van der Waals surface area contributed by atoms with E-state index in [0.717, 1.165) is 17.7 Å². The average molecular weight is 293 g/mol. The summed E-state index contributed by atoms with van der Waals surface area (Å²) in [6.07, 6.45) is 0.789. The number of carbonyl (C=O) groups excluding carboxylic acids is 1. The highest BCUT2D eigenvalue weighted by molar-refractivity contribution is 5.75. The Morgan fingerprint density at radius 1 is 1.24 bits per heavy atom. The Bertz CT molecular complexity index is 465.